The maximum absolute atomic E-state index is 12.5. The summed E-state index contributed by atoms with van der Waals surface area (Å²) >= 11 is 8.13. The van der Waals surface area contributed by atoms with Crippen LogP contribution in [0.1, 0.15) is 35.3 Å². The highest BCUT2D eigenvalue weighted by Gasteiger charge is 2.26. The van der Waals surface area contributed by atoms with Crippen LogP contribution in [0.25, 0.3) is 0 Å². The first-order valence-electron chi connectivity index (χ1n) is 9.01. The van der Waals surface area contributed by atoms with Gasteiger partial charge >= 0.3 is 12.0 Å². The lowest BCUT2D eigenvalue weighted by Gasteiger charge is -2.26. The van der Waals surface area contributed by atoms with Crippen molar-refractivity contribution in [1.82, 2.24) is 9.69 Å². The lowest BCUT2D eigenvalue weighted by molar-refractivity contribution is 0.0694. The number of amides is 2. The molecule has 0 aliphatic heterocycles. The number of carboxylic acid groups (broad SMARTS) is 1. The molecule has 0 fully saturated rings. The third-order valence-corrected chi connectivity index (χ3v) is 6.49. The van der Waals surface area contributed by atoms with Gasteiger partial charge in [-0.1, -0.05) is 65.8 Å². The standard InChI is InChI=1S/C21H20ClN3O3S2/c1-21(2,14-6-4-3-5-7-14)24-20(28)23-17-16(19(26)27)18(25-30-17)29-12-13-8-10-15(22)11-9-13/h3-11H,12H2,1-2H3,(H,26,27)(H2,23,24,28). The predicted molar refractivity (Wildman–Crippen MR) is 122 cm³/mol. The fraction of sp³-hybridized carbons (Fsp3) is 0.190. The quantitative estimate of drug-likeness (QED) is 0.384. The van der Waals surface area contributed by atoms with E-state index in [9.17, 15) is 14.7 Å². The van der Waals surface area contributed by atoms with Crippen LogP contribution in [0.3, 0.4) is 0 Å². The van der Waals surface area contributed by atoms with E-state index in [0.29, 0.717) is 15.8 Å². The van der Waals surface area contributed by atoms with E-state index in [4.69, 9.17) is 11.6 Å². The Morgan fingerprint density at radius 1 is 1.13 bits per heavy atom. The summed E-state index contributed by atoms with van der Waals surface area (Å²) in [5.74, 6) is -0.603. The summed E-state index contributed by atoms with van der Waals surface area (Å²) in [4.78, 5) is 24.4. The molecule has 3 rings (SSSR count). The van der Waals surface area contributed by atoms with Gasteiger partial charge in [0, 0.05) is 10.8 Å². The molecule has 1 heterocycles. The number of benzene rings is 2. The topological polar surface area (TPSA) is 91.3 Å². The van der Waals surface area contributed by atoms with Gasteiger partial charge in [0.1, 0.15) is 15.6 Å². The van der Waals surface area contributed by atoms with E-state index in [1.54, 1.807) is 12.1 Å². The highest BCUT2D eigenvalue weighted by Crippen LogP contribution is 2.34. The second-order valence-electron chi connectivity index (χ2n) is 6.98. The third kappa shape index (κ3) is 5.53. The minimum Gasteiger partial charge on any atom is -0.477 e. The van der Waals surface area contributed by atoms with Gasteiger partial charge < -0.3 is 10.4 Å². The number of rotatable bonds is 7. The van der Waals surface area contributed by atoms with Crippen LogP contribution in [0.5, 0.6) is 0 Å². The number of carbonyl (C=O) groups excluding carboxylic acids is 1. The largest absolute Gasteiger partial charge is 0.477 e. The van der Waals surface area contributed by atoms with Crippen LogP contribution in [0, 0.1) is 0 Å². The van der Waals surface area contributed by atoms with Gasteiger partial charge in [-0.3, -0.25) is 5.32 Å². The highest BCUT2D eigenvalue weighted by molar-refractivity contribution is 7.98. The van der Waals surface area contributed by atoms with Gasteiger partial charge in [-0.15, -0.1) is 0 Å². The highest BCUT2D eigenvalue weighted by atomic mass is 35.5. The molecule has 0 unspecified atom stereocenters. The molecule has 0 aliphatic carbocycles. The van der Waals surface area contributed by atoms with Gasteiger partial charge in [0.25, 0.3) is 0 Å². The van der Waals surface area contributed by atoms with E-state index in [-0.39, 0.29) is 10.6 Å². The van der Waals surface area contributed by atoms with Crippen LogP contribution in [-0.4, -0.2) is 21.5 Å². The zero-order valence-corrected chi connectivity index (χ0v) is 18.7. The number of carboxylic acids is 1. The van der Waals surface area contributed by atoms with Gasteiger partial charge in [0.15, 0.2) is 0 Å². The van der Waals surface area contributed by atoms with Crippen molar-refractivity contribution in [3.05, 3.63) is 76.3 Å². The monoisotopic (exact) mass is 461 g/mol. The summed E-state index contributed by atoms with van der Waals surface area (Å²) in [6.45, 7) is 3.75. The normalized spacial score (nSPS) is 11.2. The number of hydrogen-bond acceptors (Lipinski definition) is 5. The molecule has 2 amide bonds. The summed E-state index contributed by atoms with van der Waals surface area (Å²) in [5, 5.41) is 16.4. The van der Waals surface area contributed by atoms with E-state index < -0.39 is 17.5 Å². The fourth-order valence-corrected chi connectivity index (χ4v) is 4.75. The first-order chi connectivity index (χ1) is 14.3. The predicted octanol–water partition coefficient (Wildman–Crippen LogP) is 5.84. The van der Waals surface area contributed by atoms with Crippen molar-refractivity contribution >= 4 is 51.9 Å². The van der Waals surface area contributed by atoms with E-state index in [1.165, 1.54) is 11.8 Å². The van der Waals surface area contributed by atoms with Crippen molar-refractivity contribution in [3.63, 3.8) is 0 Å². The summed E-state index contributed by atoms with van der Waals surface area (Å²) in [7, 11) is 0. The van der Waals surface area contributed by atoms with Crippen LogP contribution in [0.2, 0.25) is 5.02 Å². The van der Waals surface area contributed by atoms with Crippen molar-refractivity contribution in [3.8, 4) is 0 Å². The maximum Gasteiger partial charge on any atom is 0.341 e. The second kappa shape index (κ2) is 9.51. The van der Waals surface area contributed by atoms with Gasteiger partial charge in [0.2, 0.25) is 0 Å². The van der Waals surface area contributed by atoms with E-state index in [1.807, 2.05) is 56.3 Å². The smallest absolute Gasteiger partial charge is 0.341 e. The van der Waals surface area contributed by atoms with Gasteiger partial charge in [-0.2, -0.15) is 4.37 Å². The molecule has 1 aromatic heterocycles. The molecule has 2 aromatic carbocycles. The van der Waals surface area contributed by atoms with Crippen LogP contribution < -0.4 is 10.6 Å². The van der Waals surface area contributed by atoms with Crippen LogP contribution >= 0.6 is 34.9 Å². The number of carbonyl (C=O) groups is 2. The molecular formula is C21H20ClN3O3S2. The first kappa shape index (κ1) is 22.1. The van der Waals surface area contributed by atoms with Gasteiger partial charge in [-0.05, 0) is 48.6 Å². The Morgan fingerprint density at radius 3 is 2.43 bits per heavy atom. The minimum absolute atomic E-state index is 0.00775. The molecule has 0 atom stereocenters. The first-order valence-corrected chi connectivity index (χ1v) is 11.1. The number of aromatic carboxylic acids is 1. The van der Waals surface area contributed by atoms with E-state index in [0.717, 1.165) is 22.7 Å². The number of halogens is 1. The molecular weight excluding hydrogens is 442 g/mol. The number of nitrogens with zero attached hydrogens (tertiary/aromatic N) is 1. The molecule has 0 radical (unpaired) electrons. The molecule has 156 valence electrons. The number of aromatic nitrogens is 1. The van der Waals surface area contributed by atoms with Crippen molar-refractivity contribution < 1.29 is 14.7 Å². The summed E-state index contributed by atoms with van der Waals surface area (Å²) in [6, 6.07) is 16.3. The lowest BCUT2D eigenvalue weighted by atomic mass is 9.95. The van der Waals surface area contributed by atoms with Gasteiger partial charge in [0.05, 0.1) is 5.54 Å². The molecule has 3 N–H and O–H groups in total. The van der Waals surface area contributed by atoms with Gasteiger partial charge in [-0.25, -0.2) is 9.59 Å². The van der Waals surface area contributed by atoms with Crippen LogP contribution in [0.15, 0.2) is 59.6 Å². The maximum atomic E-state index is 12.5. The Balaban J connectivity index is 1.70. The molecule has 0 spiro atoms. The van der Waals surface area contributed by atoms with Crippen LogP contribution in [0.4, 0.5) is 9.80 Å². The lowest BCUT2D eigenvalue weighted by Crippen LogP contribution is -2.43. The summed E-state index contributed by atoms with van der Waals surface area (Å²) in [5.41, 5.74) is 1.28. The number of urea groups is 1. The third-order valence-electron chi connectivity index (χ3n) is 4.31. The molecule has 6 nitrogen and oxygen atoms in total. The van der Waals surface area contributed by atoms with Crippen molar-refractivity contribution in [1.29, 1.82) is 0 Å². The Labute approximate surface area is 187 Å². The Kier molecular flexibility index (Phi) is 7.02. The van der Waals surface area contributed by atoms with Crippen molar-refractivity contribution in [2.24, 2.45) is 0 Å². The summed E-state index contributed by atoms with van der Waals surface area (Å²) in [6.07, 6.45) is 0. The zero-order valence-electron chi connectivity index (χ0n) is 16.3. The number of hydrogen-bond donors (Lipinski definition) is 3. The summed E-state index contributed by atoms with van der Waals surface area (Å²) < 4.78 is 4.23. The molecule has 0 saturated carbocycles. The minimum atomic E-state index is -1.14. The second-order valence-corrected chi connectivity index (χ2v) is 9.16. The molecule has 3 aromatic rings. The Hall–Kier alpha value is -2.55. The Bertz CT molecular complexity index is 1040. The van der Waals surface area contributed by atoms with Crippen molar-refractivity contribution in [2.75, 3.05) is 5.32 Å². The van der Waals surface area contributed by atoms with Crippen LogP contribution in [-0.2, 0) is 11.3 Å². The number of nitrogens with one attached hydrogen (secondary N) is 2. The van der Waals surface area contributed by atoms with E-state index in [2.05, 4.69) is 15.0 Å². The SMILES string of the molecule is CC(C)(NC(=O)Nc1snc(SCc2ccc(Cl)cc2)c1C(=O)O)c1ccccc1. The molecule has 0 bridgehead atoms. The molecule has 30 heavy (non-hydrogen) atoms. The average molecular weight is 462 g/mol. The Morgan fingerprint density at radius 2 is 1.80 bits per heavy atom. The zero-order chi connectivity index (χ0) is 21.7. The fourth-order valence-electron chi connectivity index (χ4n) is 2.73. The van der Waals surface area contributed by atoms with E-state index >= 15 is 0 Å². The molecule has 9 heteroatoms. The molecule has 0 aliphatic rings. The number of anilines is 1. The average Bonchev–Trinajstić information content (AvgIpc) is 3.10. The molecule has 0 saturated heterocycles. The van der Waals surface area contributed by atoms with Crippen molar-refractivity contribution in [2.45, 2.75) is 30.2 Å². The number of thioether (sulfide) groups is 1.